The van der Waals surface area contributed by atoms with Crippen LogP contribution in [0.5, 0.6) is 0 Å². The molecule has 0 bridgehead atoms. The summed E-state index contributed by atoms with van der Waals surface area (Å²) in [6.07, 6.45) is 1.56. The van der Waals surface area contributed by atoms with Crippen LogP contribution in [0.4, 0.5) is 17.2 Å². The molecule has 0 atom stereocenters. The van der Waals surface area contributed by atoms with Crippen molar-refractivity contribution in [1.29, 1.82) is 0 Å². The van der Waals surface area contributed by atoms with Crippen LogP contribution < -0.4 is 27.4 Å². The highest BCUT2D eigenvalue weighted by molar-refractivity contribution is 14.1. The number of aromatic nitrogens is 3. The topological polar surface area (TPSA) is 90.1 Å². The minimum Gasteiger partial charge on any atom is -0.388 e. The lowest BCUT2D eigenvalue weighted by Gasteiger charge is -2.21. The Hall–Kier alpha value is -3.34. The quantitative estimate of drug-likeness (QED) is 0.344. The zero-order chi connectivity index (χ0) is 25.0. The molecule has 8 nitrogen and oxygen atoms in total. The lowest BCUT2D eigenvalue weighted by molar-refractivity contribution is 0.643. The zero-order valence-electron chi connectivity index (χ0n) is 20.0. The number of hydrogen-bond acceptors (Lipinski definition) is 5. The number of halogens is 1. The first kappa shape index (κ1) is 23.4. The molecule has 2 N–H and O–H groups in total. The van der Waals surface area contributed by atoms with E-state index in [0.717, 1.165) is 33.4 Å². The van der Waals surface area contributed by atoms with Crippen LogP contribution in [0.25, 0.3) is 16.6 Å². The number of pyridine rings is 1. The molecule has 9 heteroatoms. The molecule has 1 aliphatic carbocycles. The Bertz CT molecular complexity index is 1680. The molecule has 1 aliphatic rings. The monoisotopic (exact) mass is 583 g/mol. The Morgan fingerprint density at radius 3 is 2.40 bits per heavy atom. The van der Waals surface area contributed by atoms with E-state index >= 15 is 0 Å². The van der Waals surface area contributed by atoms with Gasteiger partial charge in [0.15, 0.2) is 0 Å². The fraction of sp³-hybridized carbons (Fsp3) is 0.269. The van der Waals surface area contributed by atoms with Crippen LogP contribution in [0.2, 0.25) is 0 Å². The van der Waals surface area contributed by atoms with E-state index in [2.05, 4.69) is 33.2 Å². The van der Waals surface area contributed by atoms with E-state index < -0.39 is 5.69 Å². The molecule has 35 heavy (non-hydrogen) atoms. The lowest BCUT2D eigenvalue weighted by atomic mass is 10.1. The molecule has 0 spiro atoms. The summed E-state index contributed by atoms with van der Waals surface area (Å²) in [6.45, 7) is 3.64. The van der Waals surface area contributed by atoms with E-state index in [4.69, 9.17) is 0 Å². The van der Waals surface area contributed by atoms with Gasteiger partial charge in [-0.15, -0.1) is 0 Å². The number of anilines is 3. The average Bonchev–Trinajstić information content (AvgIpc) is 3.67. The van der Waals surface area contributed by atoms with Crippen molar-refractivity contribution < 1.29 is 0 Å². The second kappa shape index (κ2) is 8.71. The summed E-state index contributed by atoms with van der Waals surface area (Å²) in [5, 5.41) is 6.76. The number of aryl methyl sites for hydroxylation is 2. The van der Waals surface area contributed by atoms with Gasteiger partial charge in [-0.1, -0.05) is 6.07 Å². The van der Waals surface area contributed by atoms with Crippen molar-refractivity contribution in [2.24, 2.45) is 7.05 Å². The van der Waals surface area contributed by atoms with E-state index in [1.54, 1.807) is 21.0 Å². The SMILES string of the molecule is CNc1cccc(-n2c(=O)n(C3CC3)c(=O)c3c(Nc4ccc(I)cc4C)n(C)c(=O)c(C)c32)c1. The Morgan fingerprint density at radius 1 is 1.00 bits per heavy atom. The standard InChI is InChI=1S/C26H26IN5O3/c1-14-12-16(27)8-11-20(14)29-23-21-22(15(2)24(33)30(23)4)31(19-7-5-6-17(13-19)28-3)26(35)32(25(21)34)18-9-10-18/h5-8,11-13,18,28-29H,9-10H2,1-4H3. The average molecular weight is 583 g/mol. The summed E-state index contributed by atoms with van der Waals surface area (Å²) in [7, 11) is 3.45. The van der Waals surface area contributed by atoms with E-state index in [0.29, 0.717) is 28.0 Å². The summed E-state index contributed by atoms with van der Waals surface area (Å²) >= 11 is 2.25. The minimum absolute atomic E-state index is 0.136. The summed E-state index contributed by atoms with van der Waals surface area (Å²) in [6, 6.07) is 13.2. The third-order valence-electron chi connectivity index (χ3n) is 6.59. The summed E-state index contributed by atoms with van der Waals surface area (Å²) in [4.78, 5) is 41.0. The van der Waals surface area contributed by atoms with Crippen molar-refractivity contribution in [3.63, 3.8) is 0 Å². The molecule has 5 rings (SSSR count). The van der Waals surface area contributed by atoms with Crippen LogP contribution in [0, 0.1) is 17.4 Å². The van der Waals surface area contributed by atoms with E-state index in [1.165, 1.54) is 13.7 Å². The first-order valence-electron chi connectivity index (χ1n) is 11.4. The predicted octanol–water partition coefficient (Wildman–Crippen LogP) is 4.19. The molecule has 0 aliphatic heterocycles. The molecule has 180 valence electrons. The highest BCUT2D eigenvalue weighted by Gasteiger charge is 2.31. The molecule has 4 aromatic rings. The smallest absolute Gasteiger partial charge is 0.336 e. The second-order valence-corrected chi connectivity index (χ2v) is 10.2. The van der Waals surface area contributed by atoms with Gasteiger partial charge in [-0.05, 0) is 91.2 Å². The third kappa shape index (κ3) is 3.87. The molecular weight excluding hydrogens is 557 g/mol. The largest absolute Gasteiger partial charge is 0.388 e. The van der Waals surface area contributed by atoms with Gasteiger partial charge < -0.3 is 10.6 Å². The van der Waals surface area contributed by atoms with Gasteiger partial charge >= 0.3 is 5.69 Å². The maximum absolute atomic E-state index is 13.9. The van der Waals surface area contributed by atoms with Crippen LogP contribution in [0.15, 0.2) is 56.8 Å². The lowest BCUT2D eigenvalue weighted by Crippen LogP contribution is -2.41. The summed E-state index contributed by atoms with van der Waals surface area (Å²) in [5.74, 6) is 0.373. The van der Waals surface area contributed by atoms with Crippen molar-refractivity contribution in [2.45, 2.75) is 32.7 Å². The number of fused-ring (bicyclic) bond motifs is 1. The van der Waals surface area contributed by atoms with Gasteiger partial charge in [0.2, 0.25) is 0 Å². The normalized spacial score (nSPS) is 13.3. The van der Waals surface area contributed by atoms with Crippen molar-refractivity contribution in [2.75, 3.05) is 17.7 Å². The number of rotatable bonds is 5. The van der Waals surface area contributed by atoms with Crippen LogP contribution in [0.3, 0.4) is 0 Å². The third-order valence-corrected chi connectivity index (χ3v) is 7.26. The Balaban J connectivity index is 1.94. The molecule has 0 amide bonds. The Labute approximate surface area is 215 Å². The van der Waals surface area contributed by atoms with Gasteiger partial charge in [0.1, 0.15) is 11.2 Å². The molecule has 1 saturated carbocycles. The van der Waals surface area contributed by atoms with Gasteiger partial charge in [-0.25, -0.2) is 4.79 Å². The molecule has 2 aromatic heterocycles. The maximum Gasteiger partial charge on any atom is 0.336 e. The van der Waals surface area contributed by atoms with E-state index in [1.807, 2.05) is 49.4 Å². The van der Waals surface area contributed by atoms with Gasteiger partial charge in [0, 0.05) is 40.6 Å². The predicted molar refractivity (Wildman–Crippen MR) is 149 cm³/mol. The van der Waals surface area contributed by atoms with Crippen LogP contribution >= 0.6 is 22.6 Å². The van der Waals surface area contributed by atoms with Crippen LogP contribution in [-0.2, 0) is 7.05 Å². The molecular formula is C26H26IN5O3. The van der Waals surface area contributed by atoms with Crippen molar-refractivity contribution in [3.8, 4) is 5.69 Å². The van der Waals surface area contributed by atoms with Crippen molar-refractivity contribution >= 4 is 50.7 Å². The van der Waals surface area contributed by atoms with E-state index in [-0.39, 0.29) is 17.2 Å². The Morgan fingerprint density at radius 2 is 1.74 bits per heavy atom. The zero-order valence-corrected chi connectivity index (χ0v) is 22.1. The molecule has 1 fully saturated rings. The Kier molecular flexibility index (Phi) is 5.82. The number of hydrogen-bond donors (Lipinski definition) is 2. The van der Waals surface area contributed by atoms with Gasteiger partial charge in [-0.2, -0.15) is 0 Å². The number of nitrogens with zero attached hydrogens (tertiary/aromatic N) is 3. The van der Waals surface area contributed by atoms with Crippen LogP contribution in [0.1, 0.15) is 30.0 Å². The summed E-state index contributed by atoms with van der Waals surface area (Å²) in [5.41, 5.74) is 2.79. The maximum atomic E-state index is 13.9. The van der Waals surface area contributed by atoms with E-state index in [9.17, 15) is 14.4 Å². The minimum atomic E-state index is -0.425. The van der Waals surface area contributed by atoms with Crippen molar-refractivity contribution in [3.05, 3.63) is 88.4 Å². The van der Waals surface area contributed by atoms with Crippen molar-refractivity contribution in [1.82, 2.24) is 13.7 Å². The second-order valence-electron chi connectivity index (χ2n) is 8.97. The first-order chi connectivity index (χ1) is 16.7. The van der Waals surface area contributed by atoms with Crippen LogP contribution in [-0.4, -0.2) is 20.7 Å². The highest BCUT2D eigenvalue weighted by Crippen LogP contribution is 2.34. The fourth-order valence-electron chi connectivity index (χ4n) is 4.55. The molecule has 0 saturated heterocycles. The molecule has 2 aromatic carbocycles. The molecule has 0 unspecified atom stereocenters. The molecule has 2 heterocycles. The number of benzene rings is 2. The highest BCUT2D eigenvalue weighted by atomic mass is 127. The van der Waals surface area contributed by atoms with Gasteiger partial charge in [0.25, 0.3) is 11.1 Å². The molecule has 0 radical (unpaired) electrons. The first-order valence-corrected chi connectivity index (χ1v) is 12.5. The fourth-order valence-corrected chi connectivity index (χ4v) is 5.20. The number of nitrogens with one attached hydrogen (secondary N) is 2. The summed E-state index contributed by atoms with van der Waals surface area (Å²) < 4.78 is 5.41. The van der Waals surface area contributed by atoms with Gasteiger partial charge in [-0.3, -0.25) is 23.3 Å². The van der Waals surface area contributed by atoms with Gasteiger partial charge in [0.05, 0.1) is 11.2 Å².